The van der Waals surface area contributed by atoms with Gasteiger partial charge in [-0.3, -0.25) is 0 Å². The molecule has 0 spiro atoms. The highest BCUT2D eigenvalue weighted by molar-refractivity contribution is 6.72. The Balaban J connectivity index is 3.82. The second kappa shape index (κ2) is 5.19. The third kappa shape index (κ3) is 5.60. The van der Waals surface area contributed by atoms with Gasteiger partial charge in [-0.1, -0.05) is 19.9 Å². The number of carboxylic acids is 1. The van der Waals surface area contributed by atoms with Crippen molar-refractivity contribution in [3.8, 4) is 0 Å². The molecule has 0 aliphatic carbocycles. The van der Waals surface area contributed by atoms with Gasteiger partial charge in [-0.25, -0.2) is 4.79 Å². The molecule has 0 unspecified atom stereocenters. The number of hydrogen-bond donors (Lipinski definition) is 1. The van der Waals surface area contributed by atoms with Crippen molar-refractivity contribution in [1.29, 1.82) is 0 Å². The Labute approximate surface area is 80.5 Å². The summed E-state index contributed by atoms with van der Waals surface area (Å²) in [7, 11) is -1.60. The molecule has 0 heterocycles. The van der Waals surface area contributed by atoms with Crippen LogP contribution >= 0.6 is 0 Å². The van der Waals surface area contributed by atoms with E-state index in [1.54, 1.807) is 6.08 Å². The molecule has 3 nitrogen and oxygen atoms in total. The van der Waals surface area contributed by atoms with Gasteiger partial charge in [0.15, 0.2) is 8.32 Å². The Hall–Kier alpha value is -0.613. The fourth-order valence-electron chi connectivity index (χ4n) is 0.578. The van der Waals surface area contributed by atoms with Gasteiger partial charge >= 0.3 is 5.97 Å². The van der Waals surface area contributed by atoms with E-state index in [1.807, 2.05) is 0 Å². The quantitative estimate of drug-likeness (QED) is 0.549. The number of hydrogen-bond acceptors (Lipinski definition) is 2. The molecule has 0 aliphatic rings. The molecular weight excluding hydrogens is 184 g/mol. The summed E-state index contributed by atoms with van der Waals surface area (Å²) in [6, 6.07) is 0. The Morgan fingerprint density at radius 3 is 2.46 bits per heavy atom. The van der Waals surface area contributed by atoms with Gasteiger partial charge in [0, 0.05) is 6.08 Å². The molecule has 0 fully saturated rings. The largest absolute Gasteiger partial charge is 0.478 e. The van der Waals surface area contributed by atoms with Crippen molar-refractivity contribution in [3.63, 3.8) is 0 Å². The van der Waals surface area contributed by atoms with Crippen LogP contribution in [0.5, 0.6) is 0 Å². The first-order valence-electron chi connectivity index (χ1n) is 4.39. The zero-order valence-electron chi connectivity index (χ0n) is 8.70. The molecule has 0 atom stereocenters. The predicted octanol–water partition coefficient (Wildman–Crippen LogP) is 2.26. The second-order valence-corrected chi connectivity index (χ2v) is 8.46. The van der Waals surface area contributed by atoms with Crippen LogP contribution in [0.25, 0.3) is 0 Å². The first kappa shape index (κ1) is 12.4. The molecule has 0 aromatic carbocycles. The summed E-state index contributed by atoms with van der Waals surface area (Å²) in [6.07, 6.45) is 2.66. The normalized spacial score (nSPS) is 12.7. The van der Waals surface area contributed by atoms with Crippen molar-refractivity contribution in [3.05, 3.63) is 12.2 Å². The minimum absolute atomic E-state index is 0.406. The van der Waals surface area contributed by atoms with Gasteiger partial charge in [-0.2, -0.15) is 0 Å². The van der Waals surface area contributed by atoms with Crippen LogP contribution < -0.4 is 0 Å². The monoisotopic (exact) mass is 202 g/mol. The van der Waals surface area contributed by atoms with E-state index in [2.05, 4.69) is 26.9 Å². The topological polar surface area (TPSA) is 46.5 Å². The van der Waals surface area contributed by atoms with E-state index < -0.39 is 14.3 Å². The fourth-order valence-corrected chi connectivity index (χ4v) is 1.44. The van der Waals surface area contributed by atoms with Crippen LogP contribution in [0.4, 0.5) is 0 Å². The minimum atomic E-state index is -1.60. The molecule has 0 amide bonds. The lowest BCUT2D eigenvalue weighted by atomic mass is 10.5. The molecule has 0 saturated carbocycles. The highest BCUT2D eigenvalue weighted by atomic mass is 28.4. The van der Waals surface area contributed by atoms with Crippen molar-refractivity contribution in [2.45, 2.75) is 32.5 Å². The fraction of sp³-hybridized carbons (Fsp3) is 0.667. The SMILES string of the molecule is CC(C)[Si](C)(C)OCC=CC(=O)O. The summed E-state index contributed by atoms with van der Waals surface area (Å²) in [6.45, 7) is 8.93. The summed E-state index contributed by atoms with van der Waals surface area (Å²) in [5, 5.41) is 8.32. The van der Waals surface area contributed by atoms with Crippen molar-refractivity contribution >= 4 is 14.3 Å². The molecule has 0 aromatic rings. The summed E-state index contributed by atoms with van der Waals surface area (Å²) in [5.74, 6) is -0.924. The van der Waals surface area contributed by atoms with Crippen LogP contribution in [0.3, 0.4) is 0 Å². The third-order valence-electron chi connectivity index (χ3n) is 2.20. The van der Waals surface area contributed by atoms with E-state index in [4.69, 9.17) is 9.53 Å². The Morgan fingerprint density at radius 2 is 2.08 bits per heavy atom. The van der Waals surface area contributed by atoms with Gasteiger partial charge in [-0.05, 0) is 18.6 Å². The maximum absolute atomic E-state index is 10.1. The maximum atomic E-state index is 10.1. The van der Waals surface area contributed by atoms with Crippen molar-refractivity contribution in [1.82, 2.24) is 0 Å². The van der Waals surface area contributed by atoms with E-state index >= 15 is 0 Å². The average molecular weight is 202 g/mol. The van der Waals surface area contributed by atoms with Crippen molar-refractivity contribution in [2.24, 2.45) is 0 Å². The Bertz CT molecular complexity index is 197. The zero-order valence-corrected chi connectivity index (χ0v) is 9.70. The van der Waals surface area contributed by atoms with E-state index in [1.165, 1.54) is 0 Å². The first-order valence-corrected chi connectivity index (χ1v) is 7.38. The van der Waals surface area contributed by atoms with Gasteiger partial charge < -0.3 is 9.53 Å². The molecule has 76 valence electrons. The third-order valence-corrected chi connectivity index (χ3v) is 5.89. The lowest BCUT2D eigenvalue weighted by molar-refractivity contribution is -0.131. The highest BCUT2D eigenvalue weighted by Crippen LogP contribution is 2.20. The number of aliphatic carboxylic acids is 1. The van der Waals surface area contributed by atoms with Crippen LogP contribution in [0.15, 0.2) is 12.2 Å². The van der Waals surface area contributed by atoms with Crippen molar-refractivity contribution in [2.75, 3.05) is 6.61 Å². The molecule has 0 rings (SSSR count). The summed E-state index contributed by atoms with van der Waals surface area (Å²) < 4.78 is 5.63. The van der Waals surface area contributed by atoms with E-state index in [-0.39, 0.29) is 0 Å². The van der Waals surface area contributed by atoms with Gasteiger partial charge in [0.1, 0.15) is 0 Å². The van der Waals surface area contributed by atoms with Crippen LogP contribution in [-0.4, -0.2) is 26.0 Å². The van der Waals surface area contributed by atoms with E-state index in [0.29, 0.717) is 12.1 Å². The van der Waals surface area contributed by atoms with E-state index in [0.717, 1.165) is 6.08 Å². The molecule has 0 radical (unpaired) electrons. The lowest BCUT2D eigenvalue weighted by Crippen LogP contribution is -2.33. The van der Waals surface area contributed by atoms with Gasteiger partial charge in [0.2, 0.25) is 0 Å². The molecule has 0 aromatic heterocycles. The number of rotatable bonds is 5. The molecule has 0 saturated heterocycles. The molecular formula is C9H18O3Si. The highest BCUT2D eigenvalue weighted by Gasteiger charge is 2.25. The molecule has 13 heavy (non-hydrogen) atoms. The van der Waals surface area contributed by atoms with Gasteiger partial charge in [0.25, 0.3) is 0 Å². The molecule has 0 aliphatic heterocycles. The lowest BCUT2D eigenvalue weighted by Gasteiger charge is -2.25. The average Bonchev–Trinajstić information content (AvgIpc) is 1.97. The number of carboxylic acid groups (broad SMARTS) is 1. The Morgan fingerprint density at radius 1 is 1.54 bits per heavy atom. The summed E-state index contributed by atoms with van der Waals surface area (Å²) in [4.78, 5) is 10.1. The molecule has 1 N–H and O–H groups in total. The molecule has 0 bridgehead atoms. The van der Waals surface area contributed by atoms with Crippen LogP contribution in [0.1, 0.15) is 13.8 Å². The standard InChI is InChI=1S/C9H18O3Si/c1-8(2)13(3,4)12-7-5-6-9(10)11/h5-6,8H,7H2,1-4H3,(H,10,11). The number of carbonyl (C=O) groups is 1. The van der Waals surface area contributed by atoms with E-state index in [9.17, 15) is 4.79 Å². The second-order valence-electron chi connectivity index (χ2n) is 3.81. The smallest absolute Gasteiger partial charge is 0.328 e. The van der Waals surface area contributed by atoms with Gasteiger partial charge in [-0.15, -0.1) is 0 Å². The minimum Gasteiger partial charge on any atom is -0.478 e. The van der Waals surface area contributed by atoms with Crippen LogP contribution in [-0.2, 0) is 9.22 Å². The summed E-state index contributed by atoms with van der Waals surface area (Å²) in [5.41, 5.74) is 0.547. The van der Waals surface area contributed by atoms with Gasteiger partial charge in [0.05, 0.1) is 6.61 Å². The predicted molar refractivity (Wildman–Crippen MR) is 55.3 cm³/mol. The Kier molecular flexibility index (Phi) is 4.94. The van der Waals surface area contributed by atoms with Crippen LogP contribution in [0, 0.1) is 0 Å². The molecule has 4 heteroatoms. The first-order chi connectivity index (χ1) is 5.86. The zero-order chi connectivity index (χ0) is 10.5. The maximum Gasteiger partial charge on any atom is 0.328 e. The van der Waals surface area contributed by atoms with Crippen molar-refractivity contribution < 1.29 is 14.3 Å². The summed E-state index contributed by atoms with van der Waals surface area (Å²) >= 11 is 0. The van der Waals surface area contributed by atoms with Crippen LogP contribution in [0.2, 0.25) is 18.6 Å².